The standard InChI is InChI=1S/C51H81N8O12P/c1-11-35(4)47(55(8)50(67)46(34(2)3)53-51(54(6)7)57-29-27-56(28-30-57)41(60)22-16-13-17-25-59-42(61)23-24-43(59)62)39(70-9)32-44(63)58-26-18-21-38(58)48(71-10)36(5)49(66)52-40(72(68,69)33-45(64)65)31-37-19-14-12-15-20-37/h12,14-15,19-20,23-24,34-36,38-40,46-48H,11,13,16-18,21-22,25-33H2,1-10H3,(H,52,66)(H,64,65)(H,68,69)/t35-,36+,38?,39+,40+,46?,47-,48+/m0/s1. The second kappa shape index (κ2) is 27.8. The third-order valence-corrected chi connectivity index (χ3v) is 16.3. The van der Waals surface area contributed by atoms with Crippen LogP contribution in [0.5, 0.6) is 0 Å². The van der Waals surface area contributed by atoms with Crippen LogP contribution in [0.2, 0.25) is 0 Å². The first-order valence-electron chi connectivity index (χ1n) is 25.4. The van der Waals surface area contributed by atoms with Gasteiger partial charge >= 0.3 is 5.97 Å². The summed E-state index contributed by atoms with van der Waals surface area (Å²) in [4.78, 5) is 118. The molecular weight excluding hydrogens is 948 g/mol. The molecule has 1 aromatic carbocycles. The number of piperazine rings is 1. The Bertz CT molecular complexity index is 2110. The molecule has 0 bridgehead atoms. The number of ether oxygens (including phenoxy) is 2. The van der Waals surface area contributed by atoms with Crippen molar-refractivity contribution in [3.63, 3.8) is 0 Å². The summed E-state index contributed by atoms with van der Waals surface area (Å²) in [5, 5.41) is 12.1. The fourth-order valence-electron chi connectivity index (χ4n) is 10.0. The lowest BCUT2D eigenvalue weighted by Crippen LogP contribution is -2.56. The normalized spacial score (nSPS) is 20.2. The number of aliphatic imine (C=N–C) groups is 1. The summed E-state index contributed by atoms with van der Waals surface area (Å²) in [5.74, 6) is -5.08. The number of likely N-dealkylation sites (tertiary alicyclic amines) is 1. The topological polar surface area (TPSA) is 239 Å². The van der Waals surface area contributed by atoms with Crippen molar-refractivity contribution in [1.29, 1.82) is 0 Å². The molecule has 6 amide bonds. The van der Waals surface area contributed by atoms with E-state index in [9.17, 15) is 48.1 Å². The monoisotopic (exact) mass is 1030 g/mol. The van der Waals surface area contributed by atoms with E-state index in [0.29, 0.717) is 95.7 Å². The number of imide groups is 1. The minimum absolute atomic E-state index is 0.0456. The molecule has 0 saturated carbocycles. The maximum absolute atomic E-state index is 14.8. The van der Waals surface area contributed by atoms with Crippen LogP contribution >= 0.6 is 7.37 Å². The Morgan fingerprint density at radius 2 is 1.50 bits per heavy atom. The molecule has 0 radical (unpaired) electrons. The van der Waals surface area contributed by atoms with Crippen molar-refractivity contribution >= 4 is 54.7 Å². The van der Waals surface area contributed by atoms with E-state index < -0.39 is 67.4 Å². The van der Waals surface area contributed by atoms with Gasteiger partial charge in [-0.25, -0.2) is 4.99 Å². The first-order chi connectivity index (χ1) is 34.1. The Morgan fingerprint density at radius 3 is 2.06 bits per heavy atom. The lowest BCUT2D eigenvalue weighted by Gasteiger charge is -2.41. The van der Waals surface area contributed by atoms with Crippen molar-refractivity contribution < 1.29 is 57.6 Å². The van der Waals surface area contributed by atoms with Crippen LogP contribution in [0.3, 0.4) is 0 Å². The zero-order valence-corrected chi connectivity index (χ0v) is 45.0. The van der Waals surface area contributed by atoms with Gasteiger partial charge in [0.15, 0.2) is 5.96 Å². The number of carboxylic acids is 1. The molecular formula is C51H81N8O12P. The van der Waals surface area contributed by atoms with Crippen molar-refractivity contribution in [2.75, 3.05) is 80.8 Å². The predicted octanol–water partition coefficient (Wildman–Crippen LogP) is 3.52. The van der Waals surface area contributed by atoms with Crippen LogP contribution in [0, 0.1) is 17.8 Å². The molecule has 3 N–H and O–H groups in total. The second-order valence-corrected chi connectivity index (χ2v) is 22.4. The number of carboxylic acid groups (broad SMARTS) is 1. The number of nitrogens with zero attached hydrogens (tertiary/aromatic N) is 7. The molecule has 72 heavy (non-hydrogen) atoms. The van der Waals surface area contributed by atoms with Crippen LogP contribution in [-0.4, -0.2) is 204 Å². The molecule has 21 heteroatoms. The number of aliphatic carboxylic acids is 1. The Hall–Kier alpha value is -5.17. The quantitative estimate of drug-likeness (QED) is 0.0396. The van der Waals surface area contributed by atoms with Crippen LogP contribution < -0.4 is 5.32 Å². The van der Waals surface area contributed by atoms with E-state index in [1.807, 2.05) is 51.6 Å². The third kappa shape index (κ3) is 15.9. The lowest BCUT2D eigenvalue weighted by molar-refractivity contribution is -0.146. The highest BCUT2D eigenvalue weighted by molar-refractivity contribution is 7.59. The number of amides is 6. The Kier molecular flexibility index (Phi) is 22.9. The lowest BCUT2D eigenvalue weighted by atomic mass is 9.89. The summed E-state index contributed by atoms with van der Waals surface area (Å²) in [7, 11) is 4.03. The Balaban J connectivity index is 1.43. The van der Waals surface area contributed by atoms with Crippen LogP contribution in [0.25, 0.3) is 0 Å². The van der Waals surface area contributed by atoms with E-state index in [1.54, 1.807) is 54.1 Å². The van der Waals surface area contributed by atoms with E-state index in [0.717, 1.165) is 0 Å². The van der Waals surface area contributed by atoms with E-state index in [4.69, 9.17) is 14.5 Å². The average molecular weight is 1030 g/mol. The van der Waals surface area contributed by atoms with Crippen molar-refractivity contribution in [1.82, 2.24) is 34.7 Å². The first kappa shape index (κ1) is 59.4. The Morgan fingerprint density at radius 1 is 0.875 bits per heavy atom. The molecule has 2 saturated heterocycles. The fraction of sp³-hybridized carbons (Fsp3) is 0.686. The summed E-state index contributed by atoms with van der Waals surface area (Å²) >= 11 is 0. The highest BCUT2D eigenvalue weighted by atomic mass is 31.2. The van der Waals surface area contributed by atoms with Gasteiger partial charge in [-0.15, -0.1) is 0 Å². The number of guanidine groups is 1. The van der Waals surface area contributed by atoms with Gasteiger partial charge in [0.1, 0.15) is 18.0 Å². The number of hydrogen-bond acceptors (Lipinski definition) is 11. The molecule has 3 heterocycles. The van der Waals surface area contributed by atoms with Gasteiger partial charge in [-0.1, -0.05) is 77.8 Å². The molecule has 9 atom stereocenters. The molecule has 1 aromatic rings. The molecule has 0 aromatic heterocycles. The van der Waals surface area contributed by atoms with E-state index in [2.05, 4.69) is 10.2 Å². The maximum Gasteiger partial charge on any atom is 0.313 e. The average Bonchev–Trinajstić information content (AvgIpc) is 3.96. The smallest absolute Gasteiger partial charge is 0.313 e. The number of hydrogen-bond donors (Lipinski definition) is 3. The van der Waals surface area contributed by atoms with Gasteiger partial charge in [-0.05, 0) is 43.1 Å². The number of likely N-dealkylation sites (N-methyl/N-ethyl adjacent to an activating group) is 1. The number of rotatable bonds is 26. The second-order valence-electron chi connectivity index (χ2n) is 20.0. The van der Waals surface area contributed by atoms with Gasteiger partial charge in [0.2, 0.25) is 31.0 Å². The summed E-state index contributed by atoms with van der Waals surface area (Å²) in [6, 6.07) is 6.87. The molecule has 3 unspecified atom stereocenters. The molecule has 3 aliphatic heterocycles. The van der Waals surface area contributed by atoms with Crippen molar-refractivity contribution in [3.8, 4) is 0 Å². The van der Waals surface area contributed by atoms with Crippen molar-refractivity contribution in [3.05, 3.63) is 48.0 Å². The summed E-state index contributed by atoms with van der Waals surface area (Å²) in [6.07, 6.45) is 4.04. The molecule has 4 rings (SSSR count). The number of nitrogens with one attached hydrogen (secondary N) is 1. The zero-order valence-electron chi connectivity index (χ0n) is 44.1. The molecule has 0 aliphatic carbocycles. The summed E-state index contributed by atoms with van der Waals surface area (Å²) in [5.41, 5.74) is 0.641. The third-order valence-electron chi connectivity index (χ3n) is 14.3. The van der Waals surface area contributed by atoms with Gasteiger partial charge in [0.25, 0.3) is 11.8 Å². The van der Waals surface area contributed by atoms with Gasteiger partial charge in [0.05, 0.1) is 36.6 Å². The van der Waals surface area contributed by atoms with Crippen LogP contribution in [-0.2, 0) is 54.0 Å². The van der Waals surface area contributed by atoms with Crippen molar-refractivity contribution in [2.24, 2.45) is 22.7 Å². The van der Waals surface area contributed by atoms with Gasteiger partial charge in [-0.3, -0.25) is 43.0 Å². The number of unbranched alkanes of at least 4 members (excludes halogenated alkanes) is 2. The first-order valence-corrected chi connectivity index (χ1v) is 27.3. The highest BCUT2D eigenvalue weighted by Gasteiger charge is 2.44. The highest BCUT2D eigenvalue weighted by Crippen LogP contribution is 2.46. The number of carbonyl (C=O) groups is 7. The van der Waals surface area contributed by atoms with Crippen molar-refractivity contribution in [2.45, 2.75) is 129 Å². The number of carbonyl (C=O) groups excluding carboxylic acids is 6. The molecule has 402 valence electrons. The minimum Gasteiger partial charge on any atom is -0.481 e. The van der Waals surface area contributed by atoms with Gasteiger partial charge in [0, 0.05) is 99.6 Å². The van der Waals surface area contributed by atoms with Crippen LogP contribution in [0.1, 0.15) is 91.5 Å². The van der Waals surface area contributed by atoms with E-state index >= 15 is 0 Å². The SMILES string of the molecule is CC[C@H](C)[C@@H]([C@@H](CC(=O)N1CCCC1[C@H](OC)[C@@H](C)C(=O)N[C@@H](Cc1ccccc1)P(=O)(O)CC(=O)O)OC)N(C)C(=O)C(N=C(N(C)C)N1CCN(C(=O)CCCCCN2C(=O)C=CC2=O)CC1)C(C)C. The van der Waals surface area contributed by atoms with Crippen LogP contribution in [0.15, 0.2) is 47.5 Å². The van der Waals surface area contributed by atoms with E-state index in [-0.39, 0.29) is 54.2 Å². The molecule has 3 aliphatic rings. The molecule has 20 nitrogen and oxygen atoms in total. The summed E-state index contributed by atoms with van der Waals surface area (Å²) in [6.45, 7) is 12.3. The maximum atomic E-state index is 14.8. The summed E-state index contributed by atoms with van der Waals surface area (Å²) < 4.78 is 25.4. The predicted molar refractivity (Wildman–Crippen MR) is 273 cm³/mol. The van der Waals surface area contributed by atoms with Gasteiger partial charge < -0.3 is 49.3 Å². The van der Waals surface area contributed by atoms with Gasteiger partial charge in [-0.2, -0.15) is 0 Å². The number of methoxy groups -OCH3 is 2. The molecule has 2 fully saturated rings. The largest absolute Gasteiger partial charge is 0.481 e. The molecule has 0 spiro atoms. The Labute approximate surface area is 425 Å². The fourth-order valence-corrected chi connectivity index (χ4v) is 11.5. The minimum atomic E-state index is -4.43. The zero-order chi connectivity index (χ0) is 53.4. The van der Waals surface area contributed by atoms with E-state index in [1.165, 1.54) is 31.3 Å². The van der Waals surface area contributed by atoms with Crippen LogP contribution in [0.4, 0.5) is 0 Å². The number of benzene rings is 1.